The lowest BCUT2D eigenvalue weighted by Crippen LogP contribution is -2.41. The van der Waals surface area contributed by atoms with Gasteiger partial charge in [-0.2, -0.15) is 0 Å². The average Bonchev–Trinajstić information content (AvgIpc) is 2.67. The number of halogens is 1. The minimum Gasteiger partial charge on any atom is -0.347 e. The second-order valence-corrected chi connectivity index (χ2v) is 7.65. The average molecular weight is 370 g/mol. The van der Waals surface area contributed by atoms with Gasteiger partial charge in [-0.05, 0) is 30.5 Å². The number of hydrogen-bond donors (Lipinski definition) is 0. The van der Waals surface area contributed by atoms with Crippen LogP contribution in [0.1, 0.15) is 38.3 Å². The highest BCUT2D eigenvalue weighted by Gasteiger charge is 2.29. The number of likely N-dealkylation sites (tertiary alicyclic amines) is 1. The molecule has 1 aromatic carbocycles. The highest BCUT2D eigenvalue weighted by Crippen LogP contribution is 2.34. The molecule has 0 aliphatic carbocycles. The van der Waals surface area contributed by atoms with Crippen molar-refractivity contribution in [3.05, 3.63) is 42.0 Å². The van der Waals surface area contributed by atoms with Crippen LogP contribution in [0.2, 0.25) is 0 Å². The summed E-state index contributed by atoms with van der Waals surface area (Å²) in [5.41, 5.74) is 2.73. The molecule has 6 heteroatoms. The first kappa shape index (κ1) is 19.3. The van der Waals surface area contributed by atoms with Crippen LogP contribution in [0.5, 0.6) is 0 Å². The summed E-state index contributed by atoms with van der Waals surface area (Å²) in [7, 11) is 3.82. The molecule has 5 nitrogen and oxygen atoms in total. The Labute approximate surface area is 160 Å². The molecule has 3 rings (SSSR count). The molecule has 1 aliphatic rings. The van der Waals surface area contributed by atoms with Crippen LogP contribution in [-0.2, 0) is 4.79 Å². The van der Waals surface area contributed by atoms with E-state index >= 15 is 0 Å². The van der Waals surface area contributed by atoms with Gasteiger partial charge in [0.25, 0.3) is 0 Å². The van der Waals surface area contributed by atoms with E-state index in [1.54, 1.807) is 12.1 Å². The summed E-state index contributed by atoms with van der Waals surface area (Å²) in [4.78, 5) is 25.6. The minimum absolute atomic E-state index is 0.0111. The van der Waals surface area contributed by atoms with E-state index in [0.717, 1.165) is 36.2 Å². The summed E-state index contributed by atoms with van der Waals surface area (Å²) in [6, 6.07) is 6.42. The third-order valence-electron chi connectivity index (χ3n) is 4.97. The number of nitrogens with zero attached hydrogens (tertiary/aromatic N) is 4. The molecule has 27 heavy (non-hydrogen) atoms. The number of piperidine rings is 1. The van der Waals surface area contributed by atoms with Crippen LogP contribution in [0.25, 0.3) is 11.1 Å². The topological polar surface area (TPSA) is 49.3 Å². The van der Waals surface area contributed by atoms with Gasteiger partial charge in [0.1, 0.15) is 5.82 Å². The highest BCUT2D eigenvalue weighted by molar-refractivity contribution is 5.78. The predicted molar refractivity (Wildman–Crippen MR) is 105 cm³/mol. The van der Waals surface area contributed by atoms with Gasteiger partial charge in [-0.1, -0.05) is 26.0 Å². The number of carbonyl (C=O) groups excluding carboxylic acids is 1. The zero-order chi connectivity index (χ0) is 19.6. The Morgan fingerprint density at radius 3 is 2.59 bits per heavy atom. The van der Waals surface area contributed by atoms with Crippen molar-refractivity contribution in [2.24, 2.45) is 5.92 Å². The van der Waals surface area contributed by atoms with E-state index in [2.05, 4.69) is 4.98 Å². The third kappa shape index (κ3) is 4.26. The van der Waals surface area contributed by atoms with E-state index < -0.39 is 0 Å². The van der Waals surface area contributed by atoms with Crippen molar-refractivity contribution in [2.75, 3.05) is 32.1 Å². The van der Waals surface area contributed by atoms with Crippen molar-refractivity contribution in [3.8, 4) is 11.1 Å². The van der Waals surface area contributed by atoms with Crippen molar-refractivity contribution < 1.29 is 9.18 Å². The molecule has 1 atom stereocenters. The van der Waals surface area contributed by atoms with E-state index in [4.69, 9.17) is 4.98 Å². The second-order valence-electron chi connectivity index (χ2n) is 7.65. The summed E-state index contributed by atoms with van der Waals surface area (Å²) in [5.74, 6) is 0.692. The second kappa shape index (κ2) is 8.03. The Morgan fingerprint density at radius 1 is 1.26 bits per heavy atom. The SMILES string of the molecule is CC(C)C(=O)N1CCC[C@@H](c2nc(N(C)C)ncc2-c2ccc(F)cc2)C1. The lowest BCUT2D eigenvalue weighted by Gasteiger charge is -2.34. The molecule has 144 valence electrons. The van der Waals surface area contributed by atoms with Crippen LogP contribution in [0.3, 0.4) is 0 Å². The molecule has 0 radical (unpaired) electrons. The number of rotatable bonds is 4. The quantitative estimate of drug-likeness (QED) is 0.823. The van der Waals surface area contributed by atoms with E-state index in [1.165, 1.54) is 12.1 Å². The first-order chi connectivity index (χ1) is 12.9. The number of aromatic nitrogens is 2. The Hall–Kier alpha value is -2.50. The van der Waals surface area contributed by atoms with Gasteiger partial charge in [-0.25, -0.2) is 14.4 Å². The molecular weight excluding hydrogens is 343 g/mol. The standard InChI is InChI=1S/C21H27FN4O/c1-14(2)20(27)26-11-5-6-16(13-26)19-18(12-23-21(24-19)25(3)4)15-7-9-17(22)10-8-15/h7-10,12,14,16H,5-6,11,13H2,1-4H3/t16-/m1/s1. The minimum atomic E-state index is -0.266. The van der Waals surface area contributed by atoms with Crippen molar-refractivity contribution in [3.63, 3.8) is 0 Å². The molecule has 1 aromatic heterocycles. The zero-order valence-corrected chi connectivity index (χ0v) is 16.4. The number of hydrogen-bond acceptors (Lipinski definition) is 4. The van der Waals surface area contributed by atoms with Crippen LogP contribution in [0.15, 0.2) is 30.5 Å². The van der Waals surface area contributed by atoms with Crippen LogP contribution >= 0.6 is 0 Å². The molecule has 2 aromatic rings. The fourth-order valence-corrected chi connectivity index (χ4v) is 3.53. The first-order valence-electron chi connectivity index (χ1n) is 9.45. The van der Waals surface area contributed by atoms with Gasteiger partial charge in [-0.15, -0.1) is 0 Å². The maximum atomic E-state index is 13.4. The normalized spacial score (nSPS) is 17.3. The molecule has 0 saturated carbocycles. The largest absolute Gasteiger partial charge is 0.347 e. The fourth-order valence-electron chi connectivity index (χ4n) is 3.53. The van der Waals surface area contributed by atoms with Gasteiger partial charge in [0, 0.05) is 50.8 Å². The van der Waals surface area contributed by atoms with Gasteiger partial charge >= 0.3 is 0 Å². The Kier molecular flexibility index (Phi) is 5.73. The smallest absolute Gasteiger partial charge is 0.225 e. The summed E-state index contributed by atoms with van der Waals surface area (Å²) >= 11 is 0. The molecule has 2 heterocycles. The number of anilines is 1. The summed E-state index contributed by atoms with van der Waals surface area (Å²) < 4.78 is 13.4. The Morgan fingerprint density at radius 2 is 1.96 bits per heavy atom. The van der Waals surface area contributed by atoms with E-state index in [-0.39, 0.29) is 23.6 Å². The van der Waals surface area contributed by atoms with E-state index in [0.29, 0.717) is 12.5 Å². The van der Waals surface area contributed by atoms with Crippen molar-refractivity contribution in [1.29, 1.82) is 0 Å². The summed E-state index contributed by atoms with van der Waals surface area (Å²) in [5, 5.41) is 0. The number of benzene rings is 1. The molecular formula is C21H27FN4O. The molecule has 0 bridgehead atoms. The highest BCUT2D eigenvalue weighted by atomic mass is 19.1. The summed E-state index contributed by atoms with van der Waals surface area (Å²) in [6.45, 7) is 5.33. The van der Waals surface area contributed by atoms with Crippen molar-refractivity contribution in [1.82, 2.24) is 14.9 Å². The van der Waals surface area contributed by atoms with Crippen LogP contribution in [-0.4, -0.2) is 48.0 Å². The van der Waals surface area contributed by atoms with Gasteiger partial charge in [0.05, 0.1) is 5.69 Å². The fraction of sp³-hybridized carbons (Fsp3) is 0.476. The van der Waals surface area contributed by atoms with Gasteiger partial charge in [0.2, 0.25) is 11.9 Å². The van der Waals surface area contributed by atoms with Gasteiger partial charge in [-0.3, -0.25) is 4.79 Å². The third-order valence-corrected chi connectivity index (χ3v) is 4.97. The lowest BCUT2D eigenvalue weighted by atomic mass is 9.89. The van der Waals surface area contributed by atoms with Crippen molar-refractivity contribution >= 4 is 11.9 Å². The Balaban J connectivity index is 1.99. The molecule has 1 aliphatic heterocycles. The molecule has 0 spiro atoms. The maximum Gasteiger partial charge on any atom is 0.225 e. The molecule has 0 unspecified atom stereocenters. The number of carbonyl (C=O) groups is 1. The monoisotopic (exact) mass is 370 g/mol. The zero-order valence-electron chi connectivity index (χ0n) is 16.4. The van der Waals surface area contributed by atoms with E-state index in [1.807, 2.05) is 43.9 Å². The molecule has 0 N–H and O–H groups in total. The van der Waals surface area contributed by atoms with Crippen LogP contribution < -0.4 is 4.90 Å². The van der Waals surface area contributed by atoms with Crippen LogP contribution in [0, 0.1) is 11.7 Å². The van der Waals surface area contributed by atoms with Crippen LogP contribution in [0.4, 0.5) is 10.3 Å². The number of amides is 1. The van der Waals surface area contributed by atoms with Gasteiger partial charge in [0.15, 0.2) is 0 Å². The Bertz CT molecular complexity index is 804. The molecule has 1 fully saturated rings. The molecule has 1 amide bonds. The molecule has 1 saturated heterocycles. The first-order valence-corrected chi connectivity index (χ1v) is 9.45. The lowest BCUT2D eigenvalue weighted by molar-refractivity contribution is -0.135. The van der Waals surface area contributed by atoms with Crippen molar-refractivity contribution in [2.45, 2.75) is 32.6 Å². The van der Waals surface area contributed by atoms with Gasteiger partial charge < -0.3 is 9.80 Å². The summed E-state index contributed by atoms with van der Waals surface area (Å²) in [6.07, 6.45) is 3.74. The van der Waals surface area contributed by atoms with E-state index in [9.17, 15) is 9.18 Å². The maximum absolute atomic E-state index is 13.4. The predicted octanol–water partition coefficient (Wildman–Crippen LogP) is 3.71.